The molecule has 4 rings (SSSR count). The Morgan fingerprint density at radius 3 is 2.64 bits per heavy atom. The molecule has 0 saturated heterocycles. The predicted octanol–water partition coefficient (Wildman–Crippen LogP) is 3.66. The van der Waals surface area contributed by atoms with Gasteiger partial charge in [0.2, 0.25) is 0 Å². The molecule has 3 heterocycles. The smallest absolute Gasteiger partial charge is 0.182 e. The monoisotopic (exact) mass is 288 g/mol. The molecule has 1 aromatic carbocycles. The molecule has 0 bridgehead atoms. The van der Waals surface area contributed by atoms with Crippen LogP contribution in [0, 0.1) is 6.92 Å². The zero-order valence-corrected chi connectivity index (χ0v) is 11.9. The Bertz CT molecular complexity index is 961. The van der Waals surface area contributed by atoms with Crippen LogP contribution in [0.3, 0.4) is 0 Å². The van der Waals surface area contributed by atoms with Crippen molar-refractivity contribution in [2.45, 2.75) is 6.92 Å². The first-order valence-electron chi connectivity index (χ1n) is 6.90. The number of benzene rings is 1. The van der Waals surface area contributed by atoms with Crippen LogP contribution < -0.4 is 0 Å². The lowest BCUT2D eigenvalue weighted by Gasteiger charge is -2.03. The summed E-state index contributed by atoms with van der Waals surface area (Å²) < 4.78 is 5.59. The summed E-state index contributed by atoms with van der Waals surface area (Å²) in [6.07, 6.45) is 4.80. The second-order valence-corrected chi connectivity index (χ2v) is 4.95. The average molecular weight is 288 g/mol. The minimum atomic E-state index is 0.686. The summed E-state index contributed by atoms with van der Waals surface area (Å²) in [6.45, 7) is 1.95. The van der Waals surface area contributed by atoms with E-state index < -0.39 is 0 Å². The SMILES string of the molecule is Cc1cccc(-c2ncoc2-c2ccc3nccnc3c2)n1. The summed E-state index contributed by atoms with van der Waals surface area (Å²) >= 11 is 0. The molecule has 5 heteroatoms. The molecule has 0 radical (unpaired) electrons. The molecule has 0 saturated carbocycles. The molecule has 0 amide bonds. The predicted molar refractivity (Wildman–Crippen MR) is 83.0 cm³/mol. The van der Waals surface area contributed by atoms with Gasteiger partial charge >= 0.3 is 0 Å². The highest BCUT2D eigenvalue weighted by molar-refractivity contribution is 5.83. The van der Waals surface area contributed by atoms with Crippen LogP contribution in [0.15, 0.2) is 59.6 Å². The first-order valence-corrected chi connectivity index (χ1v) is 6.90. The Kier molecular flexibility index (Phi) is 2.89. The van der Waals surface area contributed by atoms with E-state index in [0.717, 1.165) is 33.7 Å². The van der Waals surface area contributed by atoms with Gasteiger partial charge < -0.3 is 4.42 Å². The Morgan fingerprint density at radius 1 is 0.909 bits per heavy atom. The molecule has 3 aromatic heterocycles. The maximum Gasteiger partial charge on any atom is 0.182 e. The van der Waals surface area contributed by atoms with Crippen LogP contribution in [-0.4, -0.2) is 19.9 Å². The van der Waals surface area contributed by atoms with Crippen LogP contribution in [0.25, 0.3) is 33.7 Å². The fraction of sp³-hybridized carbons (Fsp3) is 0.0588. The van der Waals surface area contributed by atoms with Crippen molar-refractivity contribution in [1.29, 1.82) is 0 Å². The first-order chi connectivity index (χ1) is 10.8. The lowest BCUT2D eigenvalue weighted by molar-refractivity contribution is 0.572. The minimum Gasteiger partial charge on any atom is -0.443 e. The molecular formula is C17H12N4O. The lowest BCUT2D eigenvalue weighted by atomic mass is 10.1. The van der Waals surface area contributed by atoms with Crippen LogP contribution in [-0.2, 0) is 0 Å². The standard InChI is InChI=1S/C17H12N4O/c1-11-3-2-4-14(21-11)16-17(22-10-20-16)12-5-6-13-15(9-12)19-8-7-18-13/h2-10H,1H3. The topological polar surface area (TPSA) is 64.7 Å². The molecule has 0 aliphatic carbocycles. The molecule has 0 spiro atoms. The van der Waals surface area contributed by atoms with E-state index in [1.54, 1.807) is 12.4 Å². The third-order valence-corrected chi connectivity index (χ3v) is 3.43. The van der Waals surface area contributed by atoms with Crippen molar-refractivity contribution in [3.8, 4) is 22.7 Å². The fourth-order valence-electron chi connectivity index (χ4n) is 2.41. The van der Waals surface area contributed by atoms with Gasteiger partial charge in [0, 0.05) is 23.7 Å². The third-order valence-electron chi connectivity index (χ3n) is 3.43. The van der Waals surface area contributed by atoms with Crippen molar-refractivity contribution in [3.05, 3.63) is 60.9 Å². The molecule has 0 aliphatic rings. The third kappa shape index (κ3) is 2.13. The highest BCUT2D eigenvalue weighted by atomic mass is 16.3. The molecule has 22 heavy (non-hydrogen) atoms. The Labute approximate surface area is 126 Å². The number of hydrogen-bond donors (Lipinski definition) is 0. The van der Waals surface area contributed by atoms with Gasteiger partial charge in [0.05, 0.1) is 16.7 Å². The molecule has 0 atom stereocenters. The number of nitrogens with zero attached hydrogens (tertiary/aromatic N) is 4. The van der Waals surface area contributed by atoms with Gasteiger partial charge in [-0.05, 0) is 37.3 Å². The van der Waals surface area contributed by atoms with E-state index in [2.05, 4.69) is 19.9 Å². The van der Waals surface area contributed by atoms with Gasteiger partial charge in [-0.25, -0.2) is 4.98 Å². The van der Waals surface area contributed by atoms with Crippen molar-refractivity contribution in [3.63, 3.8) is 0 Å². The van der Waals surface area contributed by atoms with Crippen molar-refractivity contribution in [2.75, 3.05) is 0 Å². The van der Waals surface area contributed by atoms with Crippen molar-refractivity contribution >= 4 is 11.0 Å². The molecule has 4 aromatic rings. The van der Waals surface area contributed by atoms with Gasteiger partial charge in [0.1, 0.15) is 5.69 Å². The highest BCUT2D eigenvalue weighted by Crippen LogP contribution is 2.31. The van der Waals surface area contributed by atoms with Crippen LogP contribution in [0.1, 0.15) is 5.69 Å². The van der Waals surface area contributed by atoms with E-state index in [-0.39, 0.29) is 0 Å². The Balaban J connectivity index is 1.87. The van der Waals surface area contributed by atoms with Crippen molar-refractivity contribution in [2.24, 2.45) is 0 Å². The van der Waals surface area contributed by atoms with E-state index in [4.69, 9.17) is 4.42 Å². The number of oxazole rings is 1. The molecule has 5 nitrogen and oxygen atoms in total. The van der Waals surface area contributed by atoms with Crippen LogP contribution in [0.4, 0.5) is 0 Å². The van der Waals surface area contributed by atoms with Crippen LogP contribution >= 0.6 is 0 Å². The maximum absolute atomic E-state index is 5.59. The molecule has 106 valence electrons. The second-order valence-electron chi connectivity index (χ2n) is 4.95. The zero-order valence-electron chi connectivity index (χ0n) is 11.9. The van der Waals surface area contributed by atoms with Crippen LogP contribution in [0.2, 0.25) is 0 Å². The summed E-state index contributed by atoms with van der Waals surface area (Å²) in [7, 11) is 0. The van der Waals surface area contributed by atoms with E-state index in [1.165, 1.54) is 6.39 Å². The summed E-state index contributed by atoms with van der Waals surface area (Å²) in [4.78, 5) is 17.4. The number of pyridine rings is 1. The summed E-state index contributed by atoms with van der Waals surface area (Å²) in [5, 5.41) is 0. The summed E-state index contributed by atoms with van der Waals surface area (Å²) in [5.74, 6) is 0.686. The van der Waals surface area contributed by atoms with E-state index in [1.807, 2.05) is 43.3 Å². The van der Waals surface area contributed by atoms with Crippen molar-refractivity contribution < 1.29 is 4.42 Å². The lowest BCUT2D eigenvalue weighted by Crippen LogP contribution is -1.89. The normalized spacial score (nSPS) is 11.0. The van der Waals surface area contributed by atoms with Crippen LogP contribution in [0.5, 0.6) is 0 Å². The second kappa shape index (κ2) is 5.04. The van der Waals surface area contributed by atoms with Gasteiger partial charge in [-0.1, -0.05) is 6.07 Å². The minimum absolute atomic E-state index is 0.686. The fourth-order valence-corrected chi connectivity index (χ4v) is 2.41. The number of rotatable bonds is 2. The van der Waals surface area contributed by atoms with E-state index in [9.17, 15) is 0 Å². The molecular weight excluding hydrogens is 276 g/mol. The van der Waals surface area contributed by atoms with Gasteiger partial charge in [-0.3, -0.25) is 15.0 Å². The zero-order chi connectivity index (χ0) is 14.9. The number of aryl methyl sites for hydroxylation is 1. The largest absolute Gasteiger partial charge is 0.443 e. The van der Waals surface area contributed by atoms with E-state index in [0.29, 0.717) is 5.76 Å². The summed E-state index contributed by atoms with van der Waals surface area (Å²) in [5.41, 5.74) is 5.04. The number of fused-ring (bicyclic) bond motifs is 1. The van der Waals surface area contributed by atoms with Gasteiger partial charge in [0.25, 0.3) is 0 Å². The maximum atomic E-state index is 5.59. The molecule has 0 aliphatic heterocycles. The Morgan fingerprint density at radius 2 is 1.77 bits per heavy atom. The molecule has 0 N–H and O–H groups in total. The molecule has 0 fully saturated rings. The van der Waals surface area contributed by atoms with Gasteiger partial charge in [0.15, 0.2) is 12.2 Å². The quantitative estimate of drug-likeness (QED) is 0.563. The number of hydrogen-bond acceptors (Lipinski definition) is 5. The first kappa shape index (κ1) is 12.6. The summed E-state index contributed by atoms with van der Waals surface area (Å²) in [6, 6.07) is 11.7. The van der Waals surface area contributed by atoms with E-state index >= 15 is 0 Å². The van der Waals surface area contributed by atoms with Gasteiger partial charge in [-0.2, -0.15) is 0 Å². The average Bonchev–Trinajstić information content (AvgIpc) is 3.04. The van der Waals surface area contributed by atoms with Crippen molar-refractivity contribution in [1.82, 2.24) is 19.9 Å². The number of aromatic nitrogens is 4. The van der Waals surface area contributed by atoms with Gasteiger partial charge in [-0.15, -0.1) is 0 Å². The highest BCUT2D eigenvalue weighted by Gasteiger charge is 2.14. The Hall–Kier alpha value is -3.08. The molecule has 0 unspecified atom stereocenters.